The number of ether oxygens (including phenoxy) is 1. The van der Waals surface area contributed by atoms with Crippen LogP contribution in [0.25, 0.3) is 0 Å². The Morgan fingerprint density at radius 2 is 1.86 bits per heavy atom. The molecule has 5 nitrogen and oxygen atoms in total. The first-order chi connectivity index (χ1) is 13.1. The second kappa shape index (κ2) is 6.66. The van der Waals surface area contributed by atoms with E-state index < -0.39 is 17.0 Å². The van der Waals surface area contributed by atoms with Crippen molar-refractivity contribution in [3.8, 4) is 0 Å². The standard InChI is InChI=1S/C23H34O5/c1-14(24)28-13-20(26)23(27)11-8-19-17-5-4-15-12-16(25)6-9-21(15,2)18(17)7-10-22(19,23)3/h4,16-19,25,27H,5-13H2,1-3H3/t16?,17?,18?,19?,21-,22-,23-/m0/s1. The number of rotatable bonds is 3. The Labute approximate surface area is 167 Å². The van der Waals surface area contributed by atoms with E-state index in [-0.39, 0.29) is 23.9 Å². The van der Waals surface area contributed by atoms with Gasteiger partial charge in [0.25, 0.3) is 0 Å². The van der Waals surface area contributed by atoms with Crippen LogP contribution in [-0.4, -0.2) is 40.3 Å². The molecule has 7 atom stereocenters. The van der Waals surface area contributed by atoms with Gasteiger partial charge in [0.15, 0.2) is 6.61 Å². The maximum Gasteiger partial charge on any atom is 0.303 e. The molecule has 0 amide bonds. The lowest BCUT2D eigenvalue weighted by Gasteiger charge is -2.58. The van der Waals surface area contributed by atoms with Crippen molar-refractivity contribution in [1.29, 1.82) is 0 Å². The Hall–Kier alpha value is -1.20. The minimum Gasteiger partial charge on any atom is -0.458 e. The third-order valence-corrected chi connectivity index (χ3v) is 9.10. The zero-order valence-electron chi connectivity index (χ0n) is 17.4. The molecule has 2 N–H and O–H groups in total. The quantitative estimate of drug-likeness (QED) is 0.571. The van der Waals surface area contributed by atoms with Crippen molar-refractivity contribution in [3.63, 3.8) is 0 Å². The Kier molecular flexibility index (Phi) is 4.78. The highest BCUT2D eigenvalue weighted by molar-refractivity contribution is 5.90. The summed E-state index contributed by atoms with van der Waals surface area (Å²) in [6, 6.07) is 0. The van der Waals surface area contributed by atoms with E-state index >= 15 is 0 Å². The predicted molar refractivity (Wildman–Crippen MR) is 104 cm³/mol. The molecule has 156 valence electrons. The zero-order valence-corrected chi connectivity index (χ0v) is 17.4. The Balaban J connectivity index is 1.60. The Morgan fingerprint density at radius 1 is 1.14 bits per heavy atom. The topological polar surface area (TPSA) is 83.8 Å². The summed E-state index contributed by atoms with van der Waals surface area (Å²) in [6.45, 7) is 5.41. The molecular formula is C23H34O5. The van der Waals surface area contributed by atoms with Gasteiger partial charge in [0, 0.05) is 12.3 Å². The predicted octanol–water partition coefficient (Wildman–Crippen LogP) is 3.17. The van der Waals surface area contributed by atoms with Gasteiger partial charge in [0.1, 0.15) is 5.60 Å². The molecule has 0 bridgehead atoms. The third kappa shape index (κ3) is 2.72. The van der Waals surface area contributed by atoms with Gasteiger partial charge in [-0.05, 0) is 74.5 Å². The van der Waals surface area contributed by atoms with E-state index in [2.05, 4.69) is 19.9 Å². The van der Waals surface area contributed by atoms with E-state index in [1.165, 1.54) is 12.5 Å². The van der Waals surface area contributed by atoms with Gasteiger partial charge in [-0.1, -0.05) is 25.5 Å². The first kappa shape index (κ1) is 20.1. The molecule has 3 saturated carbocycles. The Morgan fingerprint density at radius 3 is 2.57 bits per heavy atom. The van der Waals surface area contributed by atoms with Crippen LogP contribution >= 0.6 is 0 Å². The van der Waals surface area contributed by atoms with Gasteiger partial charge in [-0.3, -0.25) is 9.59 Å². The molecule has 4 aliphatic carbocycles. The van der Waals surface area contributed by atoms with Crippen LogP contribution in [0.5, 0.6) is 0 Å². The lowest BCUT2D eigenvalue weighted by molar-refractivity contribution is -0.168. The molecule has 4 aliphatic rings. The van der Waals surface area contributed by atoms with Gasteiger partial charge in [-0.15, -0.1) is 0 Å². The van der Waals surface area contributed by atoms with E-state index in [1.54, 1.807) is 0 Å². The molecule has 4 rings (SSSR count). The number of carbonyl (C=O) groups is 2. The number of fused-ring (bicyclic) bond motifs is 5. The summed E-state index contributed by atoms with van der Waals surface area (Å²) in [5, 5.41) is 21.6. The highest BCUT2D eigenvalue weighted by Crippen LogP contribution is 2.67. The van der Waals surface area contributed by atoms with Crippen molar-refractivity contribution in [2.75, 3.05) is 6.61 Å². The maximum absolute atomic E-state index is 12.9. The molecule has 28 heavy (non-hydrogen) atoms. The van der Waals surface area contributed by atoms with Gasteiger partial charge in [-0.2, -0.15) is 0 Å². The highest BCUT2D eigenvalue weighted by Gasteiger charge is 2.66. The first-order valence-electron chi connectivity index (χ1n) is 10.9. The lowest BCUT2D eigenvalue weighted by atomic mass is 9.46. The number of allylic oxidation sites excluding steroid dienone is 1. The SMILES string of the molecule is CC(=O)OCC(=O)[C@@]1(O)CCC2C3CC=C4CC(O)CC[C@]4(C)C3CC[C@@]21C. The summed E-state index contributed by atoms with van der Waals surface area (Å²) in [5.74, 6) is 0.504. The molecule has 0 radical (unpaired) electrons. The fourth-order valence-corrected chi connectivity index (χ4v) is 7.40. The van der Waals surface area contributed by atoms with Crippen LogP contribution in [0.3, 0.4) is 0 Å². The van der Waals surface area contributed by atoms with Crippen molar-refractivity contribution in [3.05, 3.63) is 11.6 Å². The summed E-state index contributed by atoms with van der Waals surface area (Å²) in [6.07, 6.45) is 8.96. The average Bonchev–Trinajstić information content (AvgIpc) is 2.92. The van der Waals surface area contributed by atoms with Crippen LogP contribution in [0.1, 0.15) is 72.1 Å². The maximum atomic E-state index is 12.9. The van der Waals surface area contributed by atoms with Crippen LogP contribution in [0.4, 0.5) is 0 Å². The van der Waals surface area contributed by atoms with E-state index in [0.717, 1.165) is 44.9 Å². The number of carbonyl (C=O) groups excluding carboxylic acids is 2. The average molecular weight is 391 g/mol. The molecular weight excluding hydrogens is 356 g/mol. The number of hydrogen-bond donors (Lipinski definition) is 2. The summed E-state index contributed by atoms with van der Waals surface area (Å²) in [4.78, 5) is 24.0. The molecule has 0 saturated heterocycles. The minimum absolute atomic E-state index is 0.145. The van der Waals surface area contributed by atoms with E-state index in [1.807, 2.05) is 0 Å². The van der Waals surface area contributed by atoms with Crippen LogP contribution in [0, 0.1) is 28.6 Å². The van der Waals surface area contributed by atoms with E-state index in [4.69, 9.17) is 4.74 Å². The number of hydrogen-bond acceptors (Lipinski definition) is 5. The number of Topliss-reactive ketones (excluding diaryl/α,β-unsaturated/α-hetero) is 1. The van der Waals surface area contributed by atoms with Crippen LogP contribution in [0.15, 0.2) is 11.6 Å². The minimum atomic E-state index is -1.40. The molecule has 0 aromatic rings. The summed E-state index contributed by atoms with van der Waals surface area (Å²) in [7, 11) is 0. The molecule has 0 aromatic heterocycles. The van der Waals surface area contributed by atoms with Crippen molar-refractivity contribution in [1.82, 2.24) is 0 Å². The fourth-order valence-electron chi connectivity index (χ4n) is 7.40. The largest absolute Gasteiger partial charge is 0.458 e. The normalized spacial score (nSPS) is 47.4. The number of esters is 1. The number of ketones is 1. The summed E-state index contributed by atoms with van der Waals surface area (Å²) in [5.41, 5.74) is -0.283. The number of aliphatic hydroxyl groups excluding tert-OH is 1. The Bertz CT molecular complexity index is 714. The number of aliphatic hydroxyl groups is 2. The monoisotopic (exact) mass is 390 g/mol. The molecule has 0 aliphatic heterocycles. The van der Waals surface area contributed by atoms with E-state index in [9.17, 15) is 19.8 Å². The van der Waals surface area contributed by atoms with Gasteiger partial charge >= 0.3 is 5.97 Å². The molecule has 0 heterocycles. The lowest BCUT2D eigenvalue weighted by Crippen LogP contribution is -2.58. The van der Waals surface area contributed by atoms with Crippen molar-refractivity contribution < 1.29 is 24.5 Å². The van der Waals surface area contributed by atoms with Crippen molar-refractivity contribution in [2.24, 2.45) is 28.6 Å². The van der Waals surface area contributed by atoms with Crippen molar-refractivity contribution in [2.45, 2.75) is 83.8 Å². The van der Waals surface area contributed by atoms with Crippen LogP contribution in [-0.2, 0) is 14.3 Å². The van der Waals surface area contributed by atoms with Gasteiger partial charge in [0.2, 0.25) is 5.78 Å². The van der Waals surface area contributed by atoms with Crippen LogP contribution in [0.2, 0.25) is 0 Å². The molecule has 0 spiro atoms. The van der Waals surface area contributed by atoms with E-state index in [0.29, 0.717) is 24.2 Å². The first-order valence-corrected chi connectivity index (χ1v) is 10.9. The van der Waals surface area contributed by atoms with Gasteiger partial charge < -0.3 is 14.9 Å². The van der Waals surface area contributed by atoms with Crippen molar-refractivity contribution >= 4 is 11.8 Å². The summed E-state index contributed by atoms with van der Waals surface area (Å²) < 4.78 is 4.93. The smallest absolute Gasteiger partial charge is 0.303 e. The molecule has 5 heteroatoms. The fraction of sp³-hybridized carbons (Fsp3) is 0.826. The molecule has 4 unspecified atom stereocenters. The second-order valence-corrected chi connectivity index (χ2v) is 10.2. The van der Waals surface area contributed by atoms with Gasteiger partial charge in [0.05, 0.1) is 6.10 Å². The second-order valence-electron chi connectivity index (χ2n) is 10.2. The summed E-state index contributed by atoms with van der Waals surface area (Å²) >= 11 is 0. The van der Waals surface area contributed by atoms with Gasteiger partial charge in [-0.25, -0.2) is 0 Å². The zero-order chi connectivity index (χ0) is 20.3. The highest BCUT2D eigenvalue weighted by atomic mass is 16.5. The third-order valence-electron chi connectivity index (χ3n) is 9.10. The molecule has 3 fully saturated rings. The molecule has 0 aromatic carbocycles. The van der Waals surface area contributed by atoms with Crippen LogP contribution < -0.4 is 0 Å².